The zero-order valence-electron chi connectivity index (χ0n) is 18.4. The molecule has 11 heteroatoms. The highest BCUT2D eigenvalue weighted by Crippen LogP contribution is 2.33. The van der Waals surface area contributed by atoms with Crippen LogP contribution in [0, 0.1) is 5.82 Å². The van der Waals surface area contributed by atoms with Gasteiger partial charge in [-0.1, -0.05) is 0 Å². The van der Waals surface area contributed by atoms with Crippen molar-refractivity contribution in [1.82, 2.24) is 29.6 Å². The van der Waals surface area contributed by atoms with Gasteiger partial charge in [-0.25, -0.2) is 19.2 Å². The van der Waals surface area contributed by atoms with Gasteiger partial charge in [0.15, 0.2) is 5.52 Å². The van der Waals surface area contributed by atoms with Crippen LogP contribution < -0.4 is 9.47 Å². The Kier molecular flexibility index (Phi) is 6.06. The van der Waals surface area contributed by atoms with Crippen LogP contribution in [0.3, 0.4) is 0 Å². The number of aromatic nitrogens is 5. The van der Waals surface area contributed by atoms with Gasteiger partial charge in [-0.15, -0.1) is 0 Å². The van der Waals surface area contributed by atoms with Crippen LogP contribution >= 0.6 is 0 Å². The number of ether oxygens (including phenoxy) is 3. The highest BCUT2D eigenvalue weighted by molar-refractivity contribution is 5.92. The Bertz CT molecular complexity index is 1130. The molecule has 1 aliphatic heterocycles. The average molecular weight is 444 g/mol. The third kappa shape index (κ3) is 4.27. The van der Waals surface area contributed by atoms with Gasteiger partial charge in [-0.3, -0.25) is 4.68 Å². The summed E-state index contributed by atoms with van der Waals surface area (Å²) in [6, 6.07) is 1.21. The monoisotopic (exact) mass is 444 g/mol. The fourth-order valence-electron chi connectivity index (χ4n) is 3.66. The Balaban J connectivity index is 1.55. The van der Waals surface area contributed by atoms with Gasteiger partial charge < -0.3 is 19.1 Å². The molecular formula is C21H25FN6O4. The van der Waals surface area contributed by atoms with Crippen LogP contribution in [0.25, 0.3) is 22.3 Å². The minimum absolute atomic E-state index is 0.138. The number of fused-ring (bicyclic) bond motifs is 1. The van der Waals surface area contributed by atoms with Gasteiger partial charge in [0.05, 0.1) is 24.5 Å². The molecule has 4 heterocycles. The smallest absolute Gasteiger partial charge is 0.410 e. The van der Waals surface area contributed by atoms with Crippen LogP contribution in [0.2, 0.25) is 0 Å². The molecule has 0 aliphatic carbocycles. The summed E-state index contributed by atoms with van der Waals surface area (Å²) in [5, 5.41) is 4.47. The molecule has 4 rings (SSSR count). The second kappa shape index (κ2) is 8.93. The number of carbonyl (C=O) groups excluding carboxylic acids is 1. The quantitative estimate of drug-likeness (QED) is 0.592. The van der Waals surface area contributed by atoms with E-state index in [2.05, 4.69) is 20.1 Å². The number of carbonyl (C=O) groups is 1. The molecule has 1 amide bonds. The van der Waals surface area contributed by atoms with Crippen molar-refractivity contribution >= 4 is 17.1 Å². The molecule has 1 aliphatic rings. The number of rotatable bonds is 5. The first-order valence-corrected chi connectivity index (χ1v) is 10.4. The summed E-state index contributed by atoms with van der Waals surface area (Å²) < 4.78 is 32.6. The van der Waals surface area contributed by atoms with Crippen LogP contribution in [0.15, 0.2) is 18.6 Å². The van der Waals surface area contributed by atoms with E-state index < -0.39 is 5.82 Å². The summed E-state index contributed by atoms with van der Waals surface area (Å²) in [6.07, 6.45) is 3.42. The van der Waals surface area contributed by atoms with Crippen LogP contribution in [-0.4, -0.2) is 68.1 Å². The Morgan fingerprint density at radius 2 is 1.94 bits per heavy atom. The van der Waals surface area contributed by atoms with Crippen molar-refractivity contribution in [2.45, 2.75) is 38.9 Å². The number of amides is 1. The van der Waals surface area contributed by atoms with E-state index in [1.807, 2.05) is 13.8 Å². The molecule has 0 spiro atoms. The summed E-state index contributed by atoms with van der Waals surface area (Å²) in [4.78, 5) is 26.4. The highest BCUT2D eigenvalue weighted by Gasteiger charge is 2.27. The van der Waals surface area contributed by atoms with E-state index in [-0.39, 0.29) is 29.7 Å². The number of hydrogen-bond donors (Lipinski definition) is 0. The number of halogens is 1. The van der Waals surface area contributed by atoms with Gasteiger partial charge in [-0.2, -0.15) is 10.1 Å². The van der Waals surface area contributed by atoms with Crippen LogP contribution in [0.1, 0.15) is 26.7 Å². The molecule has 32 heavy (non-hydrogen) atoms. The van der Waals surface area contributed by atoms with E-state index in [4.69, 9.17) is 14.2 Å². The minimum Gasteiger partial charge on any atom is -0.481 e. The molecule has 170 valence electrons. The second-order valence-corrected chi connectivity index (χ2v) is 7.79. The van der Waals surface area contributed by atoms with Crippen molar-refractivity contribution in [1.29, 1.82) is 0 Å². The van der Waals surface area contributed by atoms with E-state index in [0.717, 1.165) is 0 Å². The number of likely N-dealkylation sites (tertiary alicyclic amines) is 1. The fraction of sp³-hybridized carbons (Fsp3) is 0.476. The van der Waals surface area contributed by atoms with Gasteiger partial charge in [-0.05, 0) is 13.8 Å². The maximum Gasteiger partial charge on any atom is 0.410 e. The molecule has 3 aromatic heterocycles. The fourth-order valence-corrected chi connectivity index (χ4v) is 3.66. The second-order valence-electron chi connectivity index (χ2n) is 7.79. The lowest BCUT2D eigenvalue weighted by atomic mass is 10.1. The molecule has 3 aromatic rings. The summed E-state index contributed by atoms with van der Waals surface area (Å²) in [5.74, 6) is 0.00501. The van der Waals surface area contributed by atoms with Crippen molar-refractivity contribution < 1.29 is 23.4 Å². The summed E-state index contributed by atoms with van der Waals surface area (Å²) in [6.45, 7) is 4.70. The lowest BCUT2D eigenvalue weighted by molar-refractivity contribution is 0.0510. The maximum atomic E-state index is 14.7. The summed E-state index contributed by atoms with van der Waals surface area (Å²) in [5.41, 5.74) is 1.60. The van der Waals surface area contributed by atoms with Gasteiger partial charge >= 0.3 is 6.09 Å². The largest absolute Gasteiger partial charge is 0.481 e. The predicted octanol–water partition coefficient (Wildman–Crippen LogP) is 2.96. The van der Waals surface area contributed by atoms with Crippen LogP contribution in [-0.2, 0) is 11.8 Å². The Morgan fingerprint density at radius 1 is 1.19 bits per heavy atom. The number of aryl methyl sites for hydroxylation is 1. The molecule has 0 radical (unpaired) electrons. The van der Waals surface area contributed by atoms with Gasteiger partial charge in [0.2, 0.25) is 11.8 Å². The first-order chi connectivity index (χ1) is 15.4. The minimum atomic E-state index is -0.497. The van der Waals surface area contributed by atoms with Crippen molar-refractivity contribution in [3.8, 4) is 23.0 Å². The third-order valence-electron chi connectivity index (χ3n) is 5.19. The molecule has 1 saturated heterocycles. The Hall–Kier alpha value is -3.50. The molecule has 0 N–H and O–H groups in total. The SMILES string of the molecule is COc1cc(F)c(-c2c3ncnc(OC4CCN(C(=O)OC(C)C)CC4)c3nn2C)cn1. The number of methoxy groups -OCH3 is 1. The summed E-state index contributed by atoms with van der Waals surface area (Å²) in [7, 11) is 3.12. The molecule has 0 bridgehead atoms. The number of piperidine rings is 1. The standard InChI is InChI=1S/C21H25FN6O4/c1-12(2)31-21(29)28-7-5-13(6-8-28)32-20-18-17(24-11-25-20)19(27(3)26-18)14-10-23-16(30-4)9-15(14)22/h9-13H,5-8H2,1-4H3. The number of pyridine rings is 1. The normalized spacial score (nSPS) is 14.8. The van der Waals surface area contributed by atoms with Crippen molar-refractivity contribution in [2.24, 2.45) is 7.05 Å². The third-order valence-corrected chi connectivity index (χ3v) is 5.19. The summed E-state index contributed by atoms with van der Waals surface area (Å²) >= 11 is 0. The number of nitrogens with zero attached hydrogens (tertiary/aromatic N) is 6. The van der Waals surface area contributed by atoms with Crippen LogP contribution in [0.5, 0.6) is 11.8 Å². The molecule has 0 atom stereocenters. The molecule has 0 aromatic carbocycles. The van der Waals surface area contributed by atoms with E-state index in [9.17, 15) is 9.18 Å². The van der Waals surface area contributed by atoms with Gasteiger partial charge in [0.25, 0.3) is 0 Å². The number of hydrogen-bond acceptors (Lipinski definition) is 8. The van der Waals surface area contributed by atoms with E-state index in [1.165, 1.54) is 30.4 Å². The Labute approximate surface area is 184 Å². The first kappa shape index (κ1) is 21.7. The van der Waals surface area contributed by atoms with Crippen LogP contribution in [0.4, 0.5) is 9.18 Å². The maximum absolute atomic E-state index is 14.7. The van der Waals surface area contributed by atoms with E-state index >= 15 is 0 Å². The zero-order valence-corrected chi connectivity index (χ0v) is 18.4. The molecule has 0 saturated carbocycles. The zero-order chi connectivity index (χ0) is 22.8. The Morgan fingerprint density at radius 3 is 2.59 bits per heavy atom. The first-order valence-electron chi connectivity index (χ1n) is 10.4. The van der Waals surface area contributed by atoms with Crippen molar-refractivity contribution in [3.05, 3.63) is 24.4 Å². The lowest BCUT2D eigenvalue weighted by Crippen LogP contribution is -2.42. The van der Waals surface area contributed by atoms with Crippen molar-refractivity contribution in [2.75, 3.05) is 20.2 Å². The molecule has 10 nitrogen and oxygen atoms in total. The van der Waals surface area contributed by atoms with E-state index in [1.54, 1.807) is 11.9 Å². The predicted molar refractivity (Wildman–Crippen MR) is 113 cm³/mol. The molecule has 1 fully saturated rings. The molecular weight excluding hydrogens is 419 g/mol. The van der Waals surface area contributed by atoms with Crippen molar-refractivity contribution in [3.63, 3.8) is 0 Å². The van der Waals surface area contributed by atoms with Gasteiger partial charge in [0.1, 0.15) is 23.8 Å². The molecule has 0 unspecified atom stereocenters. The van der Waals surface area contributed by atoms with E-state index in [0.29, 0.717) is 48.5 Å². The highest BCUT2D eigenvalue weighted by atomic mass is 19.1. The lowest BCUT2D eigenvalue weighted by Gasteiger charge is -2.31. The topological polar surface area (TPSA) is 104 Å². The average Bonchev–Trinajstić information content (AvgIpc) is 3.10. The van der Waals surface area contributed by atoms with Gasteiger partial charge in [0, 0.05) is 45.2 Å².